The second-order valence-corrected chi connectivity index (χ2v) is 11.4. The number of fused-ring (bicyclic) bond motifs is 2. The number of anilines is 1. The zero-order valence-electron chi connectivity index (χ0n) is 18.9. The molecular weight excluding hydrogens is 440 g/mol. The summed E-state index contributed by atoms with van der Waals surface area (Å²) >= 11 is 1.68. The van der Waals surface area contributed by atoms with Crippen LogP contribution in [0.5, 0.6) is 0 Å². The zero-order valence-corrected chi connectivity index (χ0v) is 20.5. The van der Waals surface area contributed by atoms with Gasteiger partial charge in [-0.1, -0.05) is 55.5 Å². The summed E-state index contributed by atoms with van der Waals surface area (Å²) in [6, 6.07) is 14.8. The van der Waals surface area contributed by atoms with Gasteiger partial charge in [0, 0.05) is 42.4 Å². The molecule has 0 bridgehead atoms. The molecule has 1 aliphatic heterocycles. The minimum absolute atomic E-state index is 0.0849. The lowest BCUT2D eigenvalue weighted by Crippen LogP contribution is -2.36. The number of aromatic nitrogens is 1. The molecule has 0 saturated heterocycles. The molecule has 0 amide bonds. The number of likely N-dealkylation sites (N-methyl/N-ethyl adjacent to an activating group) is 1. The van der Waals surface area contributed by atoms with Crippen LogP contribution in [-0.4, -0.2) is 25.8 Å². The van der Waals surface area contributed by atoms with Crippen molar-refractivity contribution in [3.8, 4) is 0 Å². The van der Waals surface area contributed by atoms with Gasteiger partial charge in [-0.25, -0.2) is 0 Å². The minimum Gasteiger partial charge on any atom is -0.347 e. The van der Waals surface area contributed by atoms with E-state index in [1.165, 1.54) is 16.9 Å². The summed E-state index contributed by atoms with van der Waals surface area (Å²) in [4.78, 5) is 2.24. The van der Waals surface area contributed by atoms with Crippen molar-refractivity contribution in [1.82, 2.24) is 0 Å². The molecule has 3 aromatic rings. The van der Waals surface area contributed by atoms with Gasteiger partial charge in [0.15, 0.2) is 6.54 Å². The van der Waals surface area contributed by atoms with Crippen LogP contribution in [0.2, 0.25) is 0 Å². The maximum Gasteiger partial charge on any atom is 0.265 e. The van der Waals surface area contributed by atoms with Gasteiger partial charge in [-0.15, -0.1) is 0 Å². The summed E-state index contributed by atoms with van der Waals surface area (Å²) in [5, 5.41) is 1.05. The van der Waals surface area contributed by atoms with Gasteiger partial charge in [0.25, 0.3) is 15.1 Å². The van der Waals surface area contributed by atoms with E-state index in [1.807, 2.05) is 0 Å². The Kier molecular flexibility index (Phi) is 6.00. The van der Waals surface area contributed by atoms with E-state index in [2.05, 4.69) is 98.0 Å². The van der Waals surface area contributed by atoms with Crippen molar-refractivity contribution in [2.45, 2.75) is 39.2 Å². The number of thiazole rings is 1. The van der Waals surface area contributed by atoms with Crippen molar-refractivity contribution in [1.29, 1.82) is 0 Å². The van der Waals surface area contributed by atoms with Gasteiger partial charge in [0.2, 0.25) is 5.52 Å². The highest BCUT2D eigenvalue weighted by Crippen LogP contribution is 2.46. The van der Waals surface area contributed by atoms with Crippen molar-refractivity contribution in [2.24, 2.45) is 0 Å². The first-order chi connectivity index (χ1) is 15.1. The van der Waals surface area contributed by atoms with Crippen LogP contribution in [-0.2, 0) is 22.1 Å². The number of hydrogen-bond acceptors (Lipinski definition) is 4. The van der Waals surface area contributed by atoms with E-state index in [0.717, 1.165) is 20.8 Å². The van der Waals surface area contributed by atoms with E-state index in [0.29, 0.717) is 13.0 Å². The molecule has 0 unspecified atom stereocenters. The van der Waals surface area contributed by atoms with Crippen LogP contribution in [0.3, 0.4) is 0 Å². The first-order valence-corrected chi connectivity index (χ1v) is 13.1. The summed E-state index contributed by atoms with van der Waals surface area (Å²) in [6.07, 6.45) is 6.69. The lowest BCUT2D eigenvalue weighted by molar-refractivity contribution is -0.668. The lowest BCUT2D eigenvalue weighted by Gasteiger charge is -2.23. The molecule has 168 valence electrons. The Hall–Kier alpha value is -2.48. The molecule has 1 aromatic heterocycles. The SMILES string of the molecule is Cc1ccc2sc(C=CC=C3N(C)c4ccccc4C3(C)C)[n+](CCCS(=O)(=O)O)c2c1. The Morgan fingerprint density at radius 2 is 1.94 bits per heavy atom. The second-order valence-electron chi connectivity index (χ2n) is 8.81. The summed E-state index contributed by atoms with van der Waals surface area (Å²) in [6.45, 7) is 7.06. The van der Waals surface area contributed by atoms with E-state index < -0.39 is 10.1 Å². The normalized spacial score (nSPS) is 17.0. The Labute approximate surface area is 194 Å². The van der Waals surface area contributed by atoms with Crippen LogP contribution >= 0.6 is 11.3 Å². The molecular formula is C25H29N2O3S2+. The third-order valence-corrected chi connectivity index (χ3v) is 8.04. The smallest absolute Gasteiger partial charge is 0.265 e. The number of allylic oxidation sites excluding steroid dienone is 3. The number of hydrogen-bond donors (Lipinski definition) is 1. The standard InChI is InChI=1S/C25H28N2O3S2/c1-18-13-14-22-21(17-18)27(15-8-16-32(28,29)30)24(31-22)12-7-11-23-25(2,3)19-9-5-6-10-20(19)26(23)4/h5-7,9-14,17H,8,15-16H2,1-4H3/p+1. The van der Waals surface area contributed by atoms with Crippen LogP contribution in [0.15, 0.2) is 60.3 Å². The average Bonchev–Trinajstić information content (AvgIpc) is 3.15. The molecule has 5 nitrogen and oxygen atoms in total. The van der Waals surface area contributed by atoms with Crippen LogP contribution in [0.25, 0.3) is 16.3 Å². The van der Waals surface area contributed by atoms with Crippen molar-refractivity contribution < 1.29 is 17.5 Å². The Bertz CT molecular complexity index is 1330. The molecule has 2 heterocycles. The number of nitrogens with zero attached hydrogens (tertiary/aromatic N) is 2. The lowest BCUT2D eigenvalue weighted by atomic mass is 9.84. The fourth-order valence-electron chi connectivity index (χ4n) is 4.49. The molecule has 0 spiro atoms. The van der Waals surface area contributed by atoms with Crippen LogP contribution < -0.4 is 9.47 Å². The molecule has 0 radical (unpaired) electrons. The second kappa shape index (κ2) is 8.46. The largest absolute Gasteiger partial charge is 0.347 e. The van der Waals surface area contributed by atoms with E-state index in [1.54, 1.807) is 11.3 Å². The van der Waals surface area contributed by atoms with Crippen molar-refractivity contribution in [3.63, 3.8) is 0 Å². The third kappa shape index (κ3) is 4.37. The van der Waals surface area contributed by atoms with Gasteiger partial charge in [-0.2, -0.15) is 13.0 Å². The summed E-state index contributed by atoms with van der Waals surface area (Å²) in [5.41, 5.74) is 5.93. The first kappa shape index (κ1) is 22.7. The van der Waals surface area contributed by atoms with Crippen molar-refractivity contribution >= 4 is 43.4 Å². The van der Waals surface area contributed by atoms with Crippen LogP contribution in [0.1, 0.15) is 36.4 Å². The molecule has 1 N–H and O–H groups in total. The first-order valence-electron chi connectivity index (χ1n) is 10.7. The fourth-order valence-corrected chi connectivity index (χ4v) is 6.07. The van der Waals surface area contributed by atoms with E-state index >= 15 is 0 Å². The number of aryl methyl sites for hydroxylation is 2. The number of para-hydroxylation sites is 1. The molecule has 2 aromatic carbocycles. The minimum atomic E-state index is -3.97. The molecule has 4 rings (SSSR count). The van der Waals surface area contributed by atoms with E-state index in [9.17, 15) is 8.42 Å². The Morgan fingerprint density at radius 3 is 2.66 bits per heavy atom. The van der Waals surface area contributed by atoms with Gasteiger partial charge >= 0.3 is 0 Å². The van der Waals surface area contributed by atoms with Crippen molar-refractivity contribution in [3.05, 3.63) is 76.4 Å². The third-order valence-electron chi connectivity index (χ3n) is 6.10. The van der Waals surface area contributed by atoms with E-state index in [4.69, 9.17) is 4.55 Å². The highest BCUT2D eigenvalue weighted by molar-refractivity contribution is 7.85. The van der Waals surface area contributed by atoms with Crippen LogP contribution in [0, 0.1) is 6.92 Å². The molecule has 32 heavy (non-hydrogen) atoms. The summed E-state index contributed by atoms with van der Waals surface area (Å²) in [7, 11) is -1.87. The zero-order chi connectivity index (χ0) is 23.1. The van der Waals surface area contributed by atoms with Crippen molar-refractivity contribution in [2.75, 3.05) is 17.7 Å². The van der Waals surface area contributed by atoms with Gasteiger partial charge in [-0.05, 0) is 36.3 Å². The molecule has 0 fully saturated rings. The topological polar surface area (TPSA) is 61.5 Å². The number of benzene rings is 2. The predicted molar refractivity (Wildman–Crippen MR) is 133 cm³/mol. The Balaban J connectivity index is 1.67. The van der Waals surface area contributed by atoms with Gasteiger partial charge in [0.05, 0.1) is 5.75 Å². The van der Waals surface area contributed by atoms with Gasteiger partial charge < -0.3 is 4.90 Å². The number of rotatable bonds is 6. The highest BCUT2D eigenvalue weighted by atomic mass is 32.2. The molecule has 1 aliphatic rings. The molecule has 0 atom stereocenters. The maximum absolute atomic E-state index is 11.2. The summed E-state index contributed by atoms with van der Waals surface area (Å²) < 4.78 is 34.8. The summed E-state index contributed by atoms with van der Waals surface area (Å²) in [5.74, 6) is -0.242. The van der Waals surface area contributed by atoms with Gasteiger partial charge in [-0.3, -0.25) is 4.55 Å². The van der Waals surface area contributed by atoms with Gasteiger partial charge in [0.1, 0.15) is 4.70 Å². The van der Waals surface area contributed by atoms with Crippen LogP contribution in [0.4, 0.5) is 5.69 Å². The Morgan fingerprint density at radius 1 is 1.19 bits per heavy atom. The van der Waals surface area contributed by atoms with E-state index in [-0.39, 0.29) is 11.2 Å². The monoisotopic (exact) mass is 469 g/mol. The molecule has 0 aliphatic carbocycles. The highest BCUT2D eigenvalue weighted by Gasteiger charge is 2.37. The average molecular weight is 470 g/mol. The quantitative estimate of drug-likeness (QED) is 0.403. The molecule has 7 heteroatoms. The fraction of sp³-hybridized carbons (Fsp3) is 0.320. The molecule has 0 saturated carbocycles. The predicted octanol–water partition coefficient (Wildman–Crippen LogP) is 5.10. The maximum atomic E-state index is 11.2.